The maximum absolute atomic E-state index is 13.0. The van der Waals surface area contributed by atoms with Gasteiger partial charge in [0, 0.05) is 16.9 Å². The van der Waals surface area contributed by atoms with Crippen LogP contribution in [0.3, 0.4) is 0 Å². The smallest absolute Gasteiger partial charge is 0.263 e. The number of sulfonamides is 1. The molecule has 0 atom stereocenters. The molecule has 2 N–H and O–H groups in total. The van der Waals surface area contributed by atoms with Crippen LogP contribution >= 0.6 is 11.6 Å². The number of hydrogen-bond donors (Lipinski definition) is 2. The van der Waals surface area contributed by atoms with Crippen molar-refractivity contribution in [3.63, 3.8) is 0 Å². The van der Waals surface area contributed by atoms with E-state index < -0.39 is 10.0 Å². The maximum atomic E-state index is 13.0. The van der Waals surface area contributed by atoms with Crippen LogP contribution in [0, 0.1) is 6.92 Å². The summed E-state index contributed by atoms with van der Waals surface area (Å²) in [6.45, 7) is 5.91. The molecule has 0 radical (unpaired) electrons. The summed E-state index contributed by atoms with van der Waals surface area (Å²) in [6.07, 6.45) is 1.54. The van der Waals surface area contributed by atoms with Crippen molar-refractivity contribution in [2.45, 2.75) is 38.5 Å². The summed E-state index contributed by atoms with van der Waals surface area (Å²) in [5.41, 5.74) is 4.37. The van der Waals surface area contributed by atoms with E-state index in [2.05, 4.69) is 10.0 Å². The quantitative estimate of drug-likeness (QED) is 0.470. The van der Waals surface area contributed by atoms with E-state index in [9.17, 15) is 13.2 Å². The molecular formula is C24H25ClN2O3S. The number of nitrogens with one attached hydrogen (secondary N) is 2. The zero-order valence-corrected chi connectivity index (χ0v) is 19.3. The van der Waals surface area contributed by atoms with Gasteiger partial charge in [0.2, 0.25) is 0 Å². The molecule has 0 spiro atoms. The van der Waals surface area contributed by atoms with Crippen LogP contribution in [-0.2, 0) is 22.9 Å². The Kier molecular flexibility index (Phi) is 7.03. The summed E-state index contributed by atoms with van der Waals surface area (Å²) in [5, 5.41) is 3.00. The van der Waals surface area contributed by atoms with Crippen LogP contribution in [0.2, 0.25) is 5.02 Å². The lowest BCUT2D eigenvalue weighted by Gasteiger charge is -2.15. The third-order valence-corrected chi connectivity index (χ3v) is 6.85. The lowest BCUT2D eigenvalue weighted by Crippen LogP contribution is -2.17. The van der Waals surface area contributed by atoms with Crippen molar-refractivity contribution in [2.75, 3.05) is 10.0 Å². The molecule has 0 saturated heterocycles. The number of carbonyl (C=O) groups excluding carboxylic acids is 1. The molecule has 3 aromatic rings. The Balaban J connectivity index is 1.93. The number of halogens is 1. The fourth-order valence-corrected chi connectivity index (χ4v) is 4.93. The largest absolute Gasteiger partial charge is 0.321 e. The molecule has 0 aliphatic heterocycles. The topological polar surface area (TPSA) is 75.3 Å². The van der Waals surface area contributed by atoms with Gasteiger partial charge in [-0.05, 0) is 66.8 Å². The molecule has 31 heavy (non-hydrogen) atoms. The Hall–Kier alpha value is -2.83. The van der Waals surface area contributed by atoms with Gasteiger partial charge in [-0.3, -0.25) is 9.52 Å². The number of benzene rings is 3. The first-order valence-corrected chi connectivity index (χ1v) is 11.9. The summed E-state index contributed by atoms with van der Waals surface area (Å²) in [7, 11) is -3.98. The highest BCUT2D eigenvalue weighted by Gasteiger charge is 2.21. The Morgan fingerprint density at radius 2 is 1.58 bits per heavy atom. The first-order valence-electron chi connectivity index (χ1n) is 10.1. The van der Waals surface area contributed by atoms with Crippen LogP contribution in [0.15, 0.2) is 65.6 Å². The molecule has 0 bridgehead atoms. The molecule has 0 aliphatic carbocycles. The Morgan fingerprint density at radius 3 is 2.19 bits per heavy atom. The highest BCUT2D eigenvalue weighted by Crippen LogP contribution is 2.27. The van der Waals surface area contributed by atoms with Crippen molar-refractivity contribution < 1.29 is 13.2 Å². The second kappa shape index (κ2) is 9.54. The number of rotatable bonds is 7. The van der Waals surface area contributed by atoms with E-state index in [1.807, 2.05) is 45.0 Å². The Labute approximate surface area is 188 Å². The first-order chi connectivity index (χ1) is 14.7. The molecule has 0 aromatic heterocycles. The van der Waals surface area contributed by atoms with Gasteiger partial charge in [0.1, 0.15) is 4.90 Å². The molecule has 0 fully saturated rings. The standard InChI is InChI=1S/C24H25ClN2O3S/c1-4-17-9-7-10-18(5-2)23(17)26-24(28)19-12-13-21(25)22(15-19)31(29,30)27-20-11-6-8-16(3)14-20/h6-15,27H,4-5H2,1-3H3,(H,26,28). The molecule has 162 valence electrons. The van der Waals surface area contributed by atoms with E-state index in [1.165, 1.54) is 18.2 Å². The van der Waals surface area contributed by atoms with Crippen molar-refractivity contribution in [3.8, 4) is 0 Å². The van der Waals surface area contributed by atoms with Crippen molar-refractivity contribution in [1.29, 1.82) is 0 Å². The minimum absolute atomic E-state index is 0.0416. The zero-order valence-electron chi connectivity index (χ0n) is 17.7. The molecule has 7 heteroatoms. The minimum Gasteiger partial charge on any atom is -0.321 e. The number of hydrogen-bond acceptors (Lipinski definition) is 3. The molecule has 5 nitrogen and oxygen atoms in total. The second-order valence-electron chi connectivity index (χ2n) is 7.23. The predicted octanol–water partition coefficient (Wildman–Crippen LogP) is 5.83. The van der Waals surface area contributed by atoms with Gasteiger partial charge in [-0.1, -0.05) is 55.8 Å². The maximum Gasteiger partial charge on any atom is 0.263 e. The average Bonchev–Trinajstić information content (AvgIpc) is 2.73. The van der Waals surface area contributed by atoms with Gasteiger partial charge in [-0.2, -0.15) is 0 Å². The second-order valence-corrected chi connectivity index (χ2v) is 9.29. The van der Waals surface area contributed by atoms with Gasteiger partial charge in [0.15, 0.2) is 0 Å². The summed E-state index contributed by atoms with van der Waals surface area (Å²) >= 11 is 6.19. The van der Waals surface area contributed by atoms with Crippen LogP contribution in [0.25, 0.3) is 0 Å². The monoisotopic (exact) mass is 456 g/mol. The third kappa shape index (κ3) is 5.27. The number of anilines is 2. The van der Waals surface area contributed by atoms with E-state index >= 15 is 0 Å². The van der Waals surface area contributed by atoms with Gasteiger partial charge in [-0.15, -0.1) is 0 Å². The van der Waals surface area contributed by atoms with Gasteiger partial charge in [-0.25, -0.2) is 8.42 Å². The normalized spacial score (nSPS) is 11.2. The van der Waals surface area contributed by atoms with E-state index in [4.69, 9.17) is 11.6 Å². The van der Waals surface area contributed by atoms with Crippen molar-refractivity contribution in [1.82, 2.24) is 0 Å². The predicted molar refractivity (Wildman–Crippen MR) is 127 cm³/mol. The fourth-order valence-electron chi connectivity index (χ4n) is 3.36. The van der Waals surface area contributed by atoms with Gasteiger partial charge < -0.3 is 5.32 Å². The highest BCUT2D eigenvalue weighted by atomic mass is 35.5. The Bertz CT molecular complexity index is 1200. The van der Waals surface area contributed by atoms with Crippen LogP contribution in [-0.4, -0.2) is 14.3 Å². The van der Waals surface area contributed by atoms with Gasteiger partial charge in [0.25, 0.3) is 15.9 Å². The van der Waals surface area contributed by atoms with Crippen LogP contribution in [0.4, 0.5) is 11.4 Å². The van der Waals surface area contributed by atoms with Gasteiger partial charge in [0.05, 0.1) is 5.02 Å². The van der Waals surface area contributed by atoms with E-state index in [0.29, 0.717) is 5.69 Å². The van der Waals surface area contributed by atoms with E-state index in [0.717, 1.165) is 35.2 Å². The van der Waals surface area contributed by atoms with Crippen molar-refractivity contribution >= 4 is 38.9 Å². The molecule has 0 unspecified atom stereocenters. The lowest BCUT2D eigenvalue weighted by atomic mass is 10.0. The molecule has 3 rings (SSSR count). The van der Waals surface area contributed by atoms with E-state index in [1.54, 1.807) is 18.2 Å². The molecule has 1 amide bonds. The average molecular weight is 457 g/mol. The fraction of sp³-hybridized carbons (Fsp3) is 0.208. The SMILES string of the molecule is CCc1cccc(CC)c1NC(=O)c1ccc(Cl)c(S(=O)(=O)Nc2cccc(C)c2)c1. The summed E-state index contributed by atoms with van der Waals surface area (Å²) in [5.74, 6) is -0.390. The molecular weight excluding hydrogens is 432 g/mol. The third-order valence-electron chi connectivity index (χ3n) is 4.99. The van der Waals surface area contributed by atoms with Crippen LogP contribution < -0.4 is 10.0 Å². The molecule has 0 aliphatic rings. The number of carbonyl (C=O) groups is 1. The number of aryl methyl sites for hydroxylation is 3. The van der Waals surface area contributed by atoms with E-state index in [-0.39, 0.29) is 21.4 Å². The van der Waals surface area contributed by atoms with Crippen LogP contribution in [0.5, 0.6) is 0 Å². The highest BCUT2D eigenvalue weighted by molar-refractivity contribution is 7.92. The van der Waals surface area contributed by atoms with Gasteiger partial charge >= 0.3 is 0 Å². The summed E-state index contributed by atoms with van der Waals surface area (Å²) < 4.78 is 28.4. The molecule has 3 aromatic carbocycles. The number of para-hydroxylation sites is 1. The number of amides is 1. The van der Waals surface area contributed by atoms with Crippen LogP contribution in [0.1, 0.15) is 40.9 Å². The first kappa shape index (κ1) is 22.8. The summed E-state index contributed by atoms with van der Waals surface area (Å²) in [6, 6.07) is 17.2. The molecule has 0 heterocycles. The van der Waals surface area contributed by atoms with Crippen molar-refractivity contribution in [2.24, 2.45) is 0 Å². The Morgan fingerprint density at radius 1 is 0.935 bits per heavy atom. The zero-order chi connectivity index (χ0) is 22.6. The molecule has 0 saturated carbocycles. The summed E-state index contributed by atoms with van der Waals surface area (Å²) in [4.78, 5) is 12.8. The van der Waals surface area contributed by atoms with Crippen molar-refractivity contribution in [3.05, 3.63) is 87.9 Å². The lowest BCUT2D eigenvalue weighted by molar-refractivity contribution is 0.102. The minimum atomic E-state index is -3.98.